The molecule has 0 radical (unpaired) electrons. The maximum absolute atomic E-state index is 12.7. The van der Waals surface area contributed by atoms with Gasteiger partial charge in [-0.3, -0.25) is 9.69 Å². The van der Waals surface area contributed by atoms with E-state index in [1.165, 1.54) is 23.2 Å². The van der Waals surface area contributed by atoms with Crippen molar-refractivity contribution in [1.82, 2.24) is 4.98 Å². The highest BCUT2D eigenvalue weighted by Crippen LogP contribution is 2.29. The fourth-order valence-corrected chi connectivity index (χ4v) is 4.05. The quantitative estimate of drug-likeness (QED) is 0.314. The van der Waals surface area contributed by atoms with E-state index in [2.05, 4.69) is 4.98 Å². The number of para-hydroxylation sites is 2. The van der Waals surface area contributed by atoms with E-state index in [9.17, 15) is 9.59 Å². The topological polar surface area (TPSA) is 68.7 Å². The Hall–Kier alpha value is -3.97. The van der Waals surface area contributed by atoms with Crippen molar-refractivity contribution >= 4 is 34.0 Å². The van der Waals surface area contributed by atoms with Crippen molar-refractivity contribution in [2.24, 2.45) is 0 Å². The second kappa shape index (κ2) is 10.6. The van der Waals surface area contributed by atoms with Crippen LogP contribution in [0.5, 0.6) is 5.75 Å². The first-order valence-electron chi connectivity index (χ1n) is 10.3. The first-order valence-corrected chi connectivity index (χ1v) is 11.2. The minimum atomic E-state index is -0.500. The van der Waals surface area contributed by atoms with Gasteiger partial charge < -0.3 is 9.47 Å². The molecule has 3 aromatic carbocycles. The van der Waals surface area contributed by atoms with E-state index in [-0.39, 0.29) is 12.5 Å². The lowest BCUT2D eigenvalue weighted by Gasteiger charge is -2.17. The molecular formula is C26H22N2O4S. The number of thiazole rings is 1. The van der Waals surface area contributed by atoms with Gasteiger partial charge in [-0.05, 0) is 29.8 Å². The molecule has 0 saturated heterocycles. The molecule has 0 N–H and O–H groups in total. The predicted molar refractivity (Wildman–Crippen MR) is 128 cm³/mol. The normalized spacial score (nSPS) is 10.5. The number of amides is 1. The smallest absolute Gasteiger partial charge is 0.342 e. The highest BCUT2D eigenvalue weighted by molar-refractivity contribution is 7.14. The molecule has 0 fully saturated rings. The van der Waals surface area contributed by atoms with Gasteiger partial charge in [-0.15, -0.1) is 11.3 Å². The van der Waals surface area contributed by atoms with Crippen LogP contribution in [0.2, 0.25) is 0 Å². The zero-order valence-corrected chi connectivity index (χ0v) is 18.8. The van der Waals surface area contributed by atoms with Gasteiger partial charge in [0.2, 0.25) is 5.91 Å². The average molecular weight is 459 g/mol. The highest BCUT2D eigenvalue weighted by atomic mass is 32.1. The number of hydrogen-bond donors (Lipinski definition) is 0. The summed E-state index contributed by atoms with van der Waals surface area (Å²) in [7, 11) is 0. The van der Waals surface area contributed by atoms with E-state index in [0.29, 0.717) is 28.7 Å². The van der Waals surface area contributed by atoms with E-state index in [4.69, 9.17) is 9.47 Å². The van der Waals surface area contributed by atoms with Gasteiger partial charge in [-0.2, -0.15) is 0 Å². The second-order valence-electron chi connectivity index (χ2n) is 7.16. The number of esters is 1. The first kappa shape index (κ1) is 22.2. The van der Waals surface area contributed by atoms with Gasteiger partial charge in [-0.25, -0.2) is 9.78 Å². The SMILES string of the molecule is CC(=O)N(c1ccccc1)c1nc(COC(=O)c2ccccc2OCc2ccccc2)cs1. The number of aromatic nitrogens is 1. The largest absolute Gasteiger partial charge is 0.488 e. The van der Waals surface area contributed by atoms with Gasteiger partial charge >= 0.3 is 5.97 Å². The molecule has 1 amide bonds. The number of carbonyl (C=O) groups is 2. The van der Waals surface area contributed by atoms with Crippen molar-refractivity contribution in [2.45, 2.75) is 20.1 Å². The van der Waals surface area contributed by atoms with Crippen LogP contribution in [0.1, 0.15) is 28.5 Å². The number of rotatable bonds is 8. The first-order chi connectivity index (χ1) is 16.1. The minimum absolute atomic E-state index is 0.0110. The summed E-state index contributed by atoms with van der Waals surface area (Å²) in [5.74, 6) is -0.194. The van der Waals surface area contributed by atoms with Crippen LogP contribution in [-0.2, 0) is 22.7 Å². The molecule has 1 aromatic heterocycles. The monoisotopic (exact) mass is 458 g/mol. The lowest BCUT2D eigenvalue weighted by Crippen LogP contribution is -2.22. The lowest BCUT2D eigenvalue weighted by molar-refractivity contribution is -0.115. The zero-order chi connectivity index (χ0) is 23.0. The van der Waals surface area contributed by atoms with E-state index >= 15 is 0 Å². The van der Waals surface area contributed by atoms with Gasteiger partial charge in [0, 0.05) is 12.3 Å². The Labute approximate surface area is 196 Å². The standard InChI is InChI=1S/C26H22N2O4S/c1-19(29)28(22-12-6-3-7-13-22)26-27-21(18-33-26)17-32-25(30)23-14-8-9-15-24(23)31-16-20-10-4-2-5-11-20/h2-15,18H,16-17H2,1H3. The fourth-order valence-electron chi connectivity index (χ4n) is 3.18. The molecule has 0 aliphatic carbocycles. The van der Waals surface area contributed by atoms with E-state index in [1.807, 2.05) is 66.7 Å². The maximum atomic E-state index is 12.7. The third kappa shape index (κ3) is 5.64. The molecule has 4 aromatic rings. The molecule has 4 rings (SSSR count). The average Bonchev–Trinajstić information content (AvgIpc) is 3.31. The van der Waals surface area contributed by atoms with Gasteiger partial charge in [0.15, 0.2) is 5.13 Å². The molecule has 0 aliphatic heterocycles. The summed E-state index contributed by atoms with van der Waals surface area (Å²) >= 11 is 1.32. The lowest BCUT2D eigenvalue weighted by atomic mass is 10.2. The van der Waals surface area contributed by atoms with Crippen LogP contribution >= 0.6 is 11.3 Å². The Morgan fingerprint density at radius 1 is 0.879 bits per heavy atom. The summed E-state index contributed by atoms with van der Waals surface area (Å²) in [5, 5.41) is 2.30. The van der Waals surface area contributed by atoms with Gasteiger partial charge in [0.05, 0.1) is 11.4 Å². The van der Waals surface area contributed by atoms with Crippen molar-refractivity contribution in [3.8, 4) is 5.75 Å². The predicted octanol–water partition coefficient (Wildman–Crippen LogP) is 5.76. The number of nitrogens with zero attached hydrogens (tertiary/aromatic N) is 2. The molecule has 0 unspecified atom stereocenters. The van der Waals surface area contributed by atoms with Crippen molar-refractivity contribution < 1.29 is 19.1 Å². The van der Waals surface area contributed by atoms with Gasteiger partial charge in [-0.1, -0.05) is 60.7 Å². The molecule has 1 heterocycles. The second-order valence-corrected chi connectivity index (χ2v) is 7.99. The number of anilines is 2. The number of carbonyl (C=O) groups excluding carboxylic acids is 2. The highest BCUT2D eigenvalue weighted by Gasteiger charge is 2.19. The fraction of sp³-hybridized carbons (Fsp3) is 0.115. The Morgan fingerprint density at radius 2 is 1.55 bits per heavy atom. The molecule has 33 heavy (non-hydrogen) atoms. The molecule has 0 atom stereocenters. The third-order valence-electron chi connectivity index (χ3n) is 4.76. The van der Waals surface area contributed by atoms with E-state index in [1.54, 1.807) is 23.6 Å². The van der Waals surface area contributed by atoms with Crippen molar-refractivity contribution in [1.29, 1.82) is 0 Å². The molecule has 6 nitrogen and oxygen atoms in total. The number of ether oxygens (including phenoxy) is 2. The van der Waals surface area contributed by atoms with Crippen LogP contribution < -0.4 is 9.64 Å². The molecule has 0 bridgehead atoms. The van der Waals surface area contributed by atoms with Crippen LogP contribution in [-0.4, -0.2) is 16.9 Å². The van der Waals surface area contributed by atoms with Crippen LogP contribution in [0.25, 0.3) is 0 Å². The Balaban J connectivity index is 1.42. The van der Waals surface area contributed by atoms with Gasteiger partial charge in [0.25, 0.3) is 0 Å². The summed E-state index contributed by atoms with van der Waals surface area (Å²) in [5.41, 5.74) is 2.64. The maximum Gasteiger partial charge on any atom is 0.342 e. The molecule has 0 spiro atoms. The van der Waals surface area contributed by atoms with Gasteiger partial charge in [0.1, 0.15) is 24.5 Å². The summed E-state index contributed by atoms with van der Waals surface area (Å²) in [6, 6.07) is 26.0. The van der Waals surface area contributed by atoms with Crippen LogP contribution in [0.3, 0.4) is 0 Å². The summed E-state index contributed by atoms with van der Waals surface area (Å²) in [6.45, 7) is 1.82. The summed E-state index contributed by atoms with van der Waals surface area (Å²) in [6.07, 6.45) is 0. The van der Waals surface area contributed by atoms with Crippen molar-refractivity contribution in [2.75, 3.05) is 4.90 Å². The van der Waals surface area contributed by atoms with Crippen LogP contribution in [0.15, 0.2) is 90.3 Å². The number of hydrogen-bond acceptors (Lipinski definition) is 6. The molecule has 7 heteroatoms. The van der Waals surface area contributed by atoms with E-state index < -0.39 is 5.97 Å². The van der Waals surface area contributed by atoms with Crippen LogP contribution in [0, 0.1) is 0 Å². The zero-order valence-electron chi connectivity index (χ0n) is 18.0. The van der Waals surface area contributed by atoms with Crippen molar-refractivity contribution in [3.05, 3.63) is 107 Å². The van der Waals surface area contributed by atoms with Crippen molar-refractivity contribution in [3.63, 3.8) is 0 Å². The summed E-state index contributed by atoms with van der Waals surface area (Å²) < 4.78 is 11.3. The Bertz CT molecular complexity index is 1230. The molecular weight excluding hydrogens is 436 g/mol. The molecule has 0 aliphatic rings. The van der Waals surface area contributed by atoms with E-state index in [0.717, 1.165) is 11.3 Å². The Kier molecular flexibility index (Phi) is 7.12. The summed E-state index contributed by atoms with van der Waals surface area (Å²) in [4.78, 5) is 30.9. The molecule has 166 valence electrons. The minimum Gasteiger partial charge on any atom is -0.488 e. The van der Waals surface area contributed by atoms with Crippen LogP contribution in [0.4, 0.5) is 10.8 Å². The number of benzene rings is 3. The third-order valence-corrected chi connectivity index (χ3v) is 5.63. The Morgan fingerprint density at radius 3 is 2.27 bits per heavy atom. The molecule has 0 saturated carbocycles.